The standard InChI is InChI=1S/C17H17FN2O3/c1-11(12-8-9-15(22-2)16(10-12)23-3)19-20-17(21)13-6-4-5-7-14(13)18/h4-10H,1-3H3,(H,20,21)/b19-11+. The lowest BCUT2D eigenvalue weighted by Crippen LogP contribution is -2.20. The van der Waals surface area contributed by atoms with Crippen molar-refractivity contribution in [3.63, 3.8) is 0 Å². The van der Waals surface area contributed by atoms with E-state index in [9.17, 15) is 9.18 Å². The van der Waals surface area contributed by atoms with E-state index in [0.29, 0.717) is 17.2 Å². The molecular formula is C17H17FN2O3. The van der Waals surface area contributed by atoms with E-state index in [-0.39, 0.29) is 5.56 Å². The maximum absolute atomic E-state index is 13.5. The number of benzene rings is 2. The third-order valence-corrected chi connectivity index (χ3v) is 3.24. The molecule has 0 saturated heterocycles. The molecule has 2 rings (SSSR count). The molecule has 5 nitrogen and oxygen atoms in total. The van der Waals surface area contributed by atoms with Gasteiger partial charge in [-0.05, 0) is 37.3 Å². The fraction of sp³-hybridized carbons (Fsp3) is 0.176. The van der Waals surface area contributed by atoms with Gasteiger partial charge in [0, 0.05) is 5.56 Å². The number of hydrazone groups is 1. The second-order valence-corrected chi connectivity index (χ2v) is 4.69. The van der Waals surface area contributed by atoms with Crippen molar-refractivity contribution in [2.75, 3.05) is 14.2 Å². The molecule has 2 aromatic rings. The van der Waals surface area contributed by atoms with Gasteiger partial charge in [-0.15, -0.1) is 0 Å². The molecular weight excluding hydrogens is 299 g/mol. The van der Waals surface area contributed by atoms with Gasteiger partial charge in [-0.25, -0.2) is 9.82 Å². The molecule has 1 amide bonds. The Morgan fingerprint density at radius 1 is 1.09 bits per heavy atom. The van der Waals surface area contributed by atoms with Crippen LogP contribution in [0.2, 0.25) is 0 Å². The predicted molar refractivity (Wildman–Crippen MR) is 85.6 cm³/mol. The number of carbonyl (C=O) groups is 1. The summed E-state index contributed by atoms with van der Waals surface area (Å²) < 4.78 is 23.9. The maximum Gasteiger partial charge on any atom is 0.274 e. The number of nitrogens with zero attached hydrogens (tertiary/aromatic N) is 1. The Hall–Kier alpha value is -2.89. The molecule has 6 heteroatoms. The number of nitrogens with one attached hydrogen (secondary N) is 1. The molecule has 0 aliphatic rings. The minimum atomic E-state index is -0.608. The topological polar surface area (TPSA) is 59.9 Å². The minimum absolute atomic E-state index is 0.0589. The molecule has 23 heavy (non-hydrogen) atoms. The van der Waals surface area contributed by atoms with Gasteiger partial charge in [0.2, 0.25) is 0 Å². The van der Waals surface area contributed by atoms with E-state index in [2.05, 4.69) is 10.5 Å². The molecule has 0 spiro atoms. The fourth-order valence-electron chi connectivity index (χ4n) is 1.97. The van der Waals surface area contributed by atoms with Gasteiger partial charge < -0.3 is 9.47 Å². The van der Waals surface area contributed by atoms with Crippen molar-refractivity contribution in [2.45, 2.75) is 6.92 Å². The fourth-order valence-corrected chi connectivity index (χ4v) is 1.97. The minimum Gasteiger partial charge on any atom is -0.493 e. The number of methoxy groups -OCH3 is 2. The van der Waals surface area contributed by atoms with Crippen LogP contribution in [0.1, 0.15) is 22.8 Å². The van der Waals surface area contributed by atoms with Crippen molar-refractivity contribution in [3.05, 3.63) is 59.4 Å². The zero-order valence-electron chi connectivity index (χ0n) is 13.1. The van der Waals surface area contributed by atoms with Gasteiger partial charge in [0.25, 0.3) is 5.91 Å². The number of hydrogen-bond donors (Lipinski definition) is 1. The molecule has 0 aliphatic carbocycles. The van der Waals surface area contributed by atoms with E-state index in [0.717, 1.165) is 5.56 Å². The van der Waals surface area contributed by atoms with Crippen molar-refractivity contribution in [1.29, 1.82) is 0 Å². The van der Waals surface area contributed by atoms with Gasteiger partial charge in [0.05, 0.1) is 25.5 Å². The number of carbonyl (C=O) groups excluding carboxylic acids is 1. The molecule has 0 heterocycles. The summed E-state index contributed by atoms with van der Waals surface area (Å²) in [5.74, 6) is -0.0497. The number of hydrogen-bond acceptors (Lipinski definition) is 4. The monoisotopic (exact) mass is 316 g/mol. The Balaban J connectivity index is 2.17. The van der Waals surface area contributed by atoms with Gasteiger partial charge in [-0.1, -0.05) is 12.1 Å². The van der Waals surface area contributed by atoms with E-state index >= 15 is 0 Å². The van der Waals surface area contributed by atoms with Gasteiger partial charge in [0.1, 0.15) is 5.82 Å². The van der Waals surface area contributed by atoms with Crippen LogP contribution in [0.5, 0.6) is 11.5 Å². The summed E-state index contributed by atoms with van der Waals surface area (Å²) in [6.45, 7) is 1.73. The van der Waals surface area contributed by atoms with Crippen molar-refractivity contribution in [2.24, 2.45) is 5.10 Å². The normalized spacial score (nSPS) is 11.0. The average Bonchev–Trinajstić information content (AvgIpc) is 2.59. The molecule has 0 fully saturated rings. The summed E-state index contributed by atoms with van der Waals surface area (Å²) in [7, 11) is 3.08. The third kappa shape index (κ3) is 3.85. The van der Waals surface area contributed by atoms with Crippen molar-refractivity contribution < 1.29 is 18.7 Å². The first-order chi connectivity index (χ1) is 11.1. The van der Waals surface area contributed by atoms with E-state index in [4.69, 9.17) is 9.47 Å². The lowest BCUT2D eigenvalue weighted by atomic mass is 10.1. The Bertz CT molecular complexity index is 744. The maximum atomic E-state index is 13.5. The molecule has 0 unspecified atom stereocenters. The van der Waals surface area contributed by atoms with Crippen LogP contribution in [0, 0.1) is 5.82 Å². The summed E-state index contributed by atoms with van der Waals surface area (Å²) in [5, 5.41) is 4.00. The lowest BCUT2D eigenvalue weighted by Gasteiger charge is -2.09. The molecule has 0 aliphatic heterocycles. The average molecular weight is 316 g/mol. The van der Waals surface area contributed by atoms with Crippen LogP contribution < -0.4 is 14.9 Å². The Labute approximate surface area is 133 Å². The van der Waals surface area contributed by atoms with Crippen LogP contribution in [0.4, 0.5) is 4.39 Å². The summed E-state index contributed by atoms with van der Waals surface area (Å²) in [6.07, 6.45) is 0. The van der Waals surface area contributed by atoms with E-state index < -0.39 is 11.7 Å². The highest BCUT2D eigenvalue weighted by molar-refractivity contribution is 6.01. The van der Waals surface area contributed by atoms with Gasteiger partial charge in [0.15, 0.2) is 11.5 Å². The molecule has 0 saturated carbocycles. The molecule has 0 aromatic heterocycles. The second-order valence-electron chi connectivity index (χ2n) is 4.69. The van der Waals surface area contributed by atoms with Crippen LogP contribution in [0.25, 0.3) is 0 Å². The van der Waals surface area contributed by atoms with Crippen molar-refractivity contribution >= 4 is 11.6 Å². The van der Waals surface area contributed by atoms with Gasteiger partial charge >= 0.3 is 0 Å². The summed E-state index contributed by atoms with van der Waals surface area (Å²) in [5.41, 5.74) is 3.58. The van der Waals surface area contributed by atoms with Crippen LogP contribution in [0.3, 0.4) is 0 Å². The highest BCUT2D eigenvalue weighted by atomic mass is 19.1. The van der Waals surface area contributed by atoms with Crippen LogP contribution in [-0.4, -0.2) is 25.8 Å². The van der Waals surface area contributed by atoms with Crippen molar-refractivity contribution in [1.82, 2.24) is 5.43 Å². The Morgan fingerprint density at radius 3 is 2.43 bits per heavy atom. The number of halogens is 1. The van der Waals surface area contributed by atoms with Gasteiger partial charge in [-0.2, -0.15) is 5.10 Å². The van der Waals surface area contributed by atoms with Crippen molar-refractivity contribution in [3.8, 4) is 11.5 Å². The zero-order chi connectivity index (χ0) is 16.8. The predicted octanol–water partition coefficient (Wildman–Crippen LogP) is 3.00. The first kappa shape index (κ1) is 16.5. The second kappa shape index (κ2) is 7.40. The molecule has 1 N–H and O–H groups in total. The largest absolute Gasteiger partial charge is 0.493 e. The molecule has 0 atom stereocenters. The van der Waals surface area contributed by atoms with Crippen LogP contribution in [0.15, 0.2) is 47.6 Å². The molecule has 2 aromatic carbocycles. The molecule has 120 valence electrons. The quantitative estimate of drug-likeness (QED) is 0.681. The Kier molecular flexibility index (Phi) is 5.30. The SMILES string of the molecule is COc1ccc(/C(C)=N/NC(=O)c2ccccc2F)cc1OC. The van der Waals surface area contributed by atoms with E-state index in [1.165, 1.54) is 25.3 Å². The summed E-state index contributed by atoms with van der Waals surface area (Å²) >= 11 is 0. The molecule has 0 bridgehead atoms. The highest BCUT2D eigenvalue weighted by Crippen LogP contribution is 2.27. The lowest BCUT2D eigenvalue weighted by molar-refractivity contribution is 0.0951. The number of amides is 1. The summed E-state index contributed by atoms with van der Waals surface area (Å²) in [6, 6.07) is 11.0. The molecule has 0 radical (unpaired) electrons. The summed E-state index contributed by atoms with van der Waals surface area (Å²) in [4.78, 5) is 11.9. The van der Waals surface area contributed by atoms with E-state index in [1.807, 2.05) is 0 Å². The first-order valence-electron chi connectivity index (χ1n) is 6.88. The van der Waals surface area contributed by atoms with E-state index in [1.54, 1.807) is 38.3 Å². The first-order valence-corrected chi connectivity index (χ1v) is 6.88. The zero-order valence-corrected chi connectivity index (χ0v) is 13.1. The Morgan fingerprint density at radius 2 is 1.78 bits per heavy atom. The number of rotatable bonds is 5. The highest BCUT2D eigenvalue weighted by Gasteiger charge is 2.11. The third-order valence-electron chi connectivity index (χ3n) is 3.24. The number of ether oxygens (including phenoxy) is 2. The van der Waals surface area contributed by atoms with Crippen LogP contribution in [-0.2, 0) is 0 Å². The van der Waals surface area contributed by atoms with Gasteiger partial charge in [-0.3, -0.25) is 4.79 Å². The van der Waals surface area contributed by atoms with Crippen LogP contribution >= 0.6 is 0 Å². The smallest absolute Gasteiger partial charge is 0.274 e.